The van der Waals surface area contributed by atoms with E-state index in [9.17, 15) is 5.11 Å². The number of phenols is 1. The Morgan fingerprint density at radius 2 is 1.96 bits per heavy atom. The van der Waals surface area contributed by atoms with Crippen LogP contribution in [0.3, 0.4) is 0 Å². The summed E-state index contributed by atoms with van der Waals surface area (Å²) >= 11 is 1.75. The maximum atomic E-state index is 10.2. The number of thiophene rings is 1. The Morgan fingerprint density at radius 3 is 2.70 bits per heavy atom. The topological polar surface area (TPSA) is 35.8 Å². The van der Waals surface area contributed by atoms with E-state index >= 15 is 0 Å². The molecule has 1 aromatic heterocycles. The molecule has 3 aromatic rings. The molecule has 0 spiro atoms. The van der Waals surface area contributed by atoms with E-state index in [4.69, 9.17) is 0 Å². The van der Waals surface area contributed by atoms with Crippen LogP contribution in [0, 0.1) is 0 Å². The molecule has 23 heavy (non-hydrogen) atoms. The van der Waals surface area contributed by atoms with E-state index in [0.717, 1.165) is 16.3 Å². The zero-order chi connectivity index (χ0) is 16.2. The largest absolute Gasteiger partial charge is 0.507 e. The van der Waals surface area contributed by atoms with Gasteiger partial charge in [0.1, 0.15) is 5.75 Å². The Hall–Kier alpha value is -2.17. The summed E-state index contributed by atoms with van der Waals surface area (Å²) in [5.41, 5.74) is 0.784. The molecule has 0 aliphatic carbocycles. The van der Waals surface area contributed by atoms with Crippen molar-refractivity contribution in [1.82, 2.24) is 4.90 Å². The lowest BCUT2D eigenvalue weighted by molar-refractivity contribution is 0.311. The number of phenolic OH excluding ortho intramolecular Hbond substituents is 1. The predicted octanol–water partition coefficient (Wildman–Crippen LogP) is 4.33. The first-order valence-electron chi connectivity index (χ1n) is 7.57. The number of aliphatic imine (C=N–C) groups is 1. The van der Waals surface area contributed by atoms with Crippen LogP contribution in [0.2, 0.25) is 0 Å². The quantitative estimate of drug-likeness (QED) is 0.709. The Bertz CT molecular complexity index is 809. The van der Waals surface area contributed by atoms with Gasteiger partial charge in [-0.05, 0) is 42.4 Å². The summed E-state index contributed by atoms with van der Waals surface area (Å²) in [6.45, 7) is 0.663. The molecule has 2 aromatic carbocycles. The molecule has 0 unspecified atom stereocenters. The Balaban J connectivity index is 1.87. The van der Waals surface area contributed by atoms with Crippen LogP contribution in [0.25, 0.3) is 10.8 Å². The summed E-state index contributed by atoms with van der Waals surface area (Å²) in [4.78, 5) is 8.08. The van der Waals surface area contributed by atoms with Crippen molar-refractivity contribution in [2.75, 3.05) is 20.6 Å². The average Bonchev–Trinajstić information content (AvgIpc) is 3.07. The minimum atomic E-state index is 0.253. The second-order valence-corrected chi connectivity index (χ2v) is 6.69. The standard InChI is InChI=1S/C19H20N2OS/c1-21(2)17(19-8-5-11-23-19)13-20-12-16-15-7-4-3-6-14(15)9-10-18(16)22/h3-12,17,22H,13H2,1-2H3/t17-/m0/s1. The van der Waals surface area contributed by atoms with Crippen LogP contribution in [0.15, 0.2) is 58.9 Å². The number of aromatic hydroxyl groups is 1. The van der Waals surface area contributed by atoms with Gasteiger partial charge in [-0.1, -0.05) is 36.4 Å². The third kappa shape index (κ3) is 3.44. The maximum absolute atomic E-state index is 10.2. The molecule has 3 nitrogen and oxygen atoms in total. The molecule has 0 aliphatic rings. The lowest BCUT2D eigenvalue weighted by Gasteiger charge is -2.21. The van der Waals surface area contributed by atoms with Crippen LogP contribution < -0.4 is 0 Å². The summed E-state index contributed by atoms with van der Waals surface area (Å²) in [5.74, 6) is 0.268. The number of hydrogen-bond donors (Lipinski definition) is 1. The first-order chi connectivity index (χ1) is 11.2. The smallest absolute Gasteiger partial charge is 0.124 e. The normalized spacial score (nSPS) is 13.2. The highest BCUT2D eigenvalue weighted by atomic mass is 32.1. The van der Waals surface area contributed by atoms with Crippen molar-refractivity contribution >= 4 is 28.3 Å². The van der Waals surface area contributed by atoms with Gasteiger partial charge in [-0.15, -0.1) is 11.3 Å². The molecule has 0 fully saturated rings. The second kappa shape index (κ2) is 6.94. The first-order valence-corrected chi connectivity index (χ1v) is 8.45. The number of nitrogens with zero attached hydrogens (tertiary/aromatic N) is 2. The van der Waals surface area contributed by atoms with E-state index in [1.807, 2.05) is 30.3 Å². The Morgan fingerprint density at radius 1 is 1.13 bits per heavy atom. The Kier molecular flexibility index (Phi) is 4.74. The molecule has 0 saturated heterocycles. The van der Waals surface area contributed by atoms with Gasteiger partial charge in [0.15, 0.2) is 0 Å². The lowest BCUT2D eigenvalue weighted by Crippen LogP contribution is -2.21. The fourth-order valence-electron chi connectivity index (χ4n) is 2.65. The summed E-state index contributed by atoms with van der Waals surface area (Å²) in [5, 5.41) is 14.4. The van der Waals surface area contributed by atoms with Gasteiger partial charge in [-0.3, -0.25) is 4.99 Å². The van der Waals surface area contributed by atoms with Gasteiger partial charge in [-0.25, -0.2) is 0 Å². The number of benzene rings is 2. The minimum Gasteiger partial charge on any atom is -0.507 e. The molecule has 1 heterocycles. The van der Waals surface area contributed by atoms with Crippen LogP contribution in [-0.2, 0) is 0 Å². The van der Waals surface area contributed by atoms with Crippen molar-refractivity contribution in [2.24, 2.45) is 4.99 Å². The van der Waals surface area contributed by atoms with E-state index in [0.29, 0.717) is 6.54 Å². The van der Waals surface area contributed by atoms with Crippen molar-refractivity contribution in [2.45, 2.75) is 6.04 Å². The van der Waals surface area contributed by atoms with E-state index in [1.165, 1.54) is 4.88 Å². The fourth-order valence-corrected chi connectivity index (χ4v) is 3.57. The van der Waals surface area contributed by atoms with Crippen molar-refractivity contribution in [3.63, 3.8) is 0 Å². The molecule has 0 radical (unpaired) electrons. The molecule has 0 amide bonds. The van der Waals surface area contributed by atoms with E-state index in [-0.39, 0.29) is 11.8 Å². The molecule has 0 aliphatic heterocycles. The zero-order valence-electron chi connectivity index (χ0n) is 13.3. The van der Waals surface area contributed by atoms with Gasteiger partial charge in [0, 0.05) is 16.7 Å². The number of rotatable bonds is 5. The van der Waals surface area contributed by atoms with Gasteiger partial charge < -0.3 is 10.0 Å². The number of hydrogen-bond acceptors (Lipinski definition) is 4. The third-order valence-electron chi connectivity index (χ3n) is 3.94. The van der Waals surface area contributed by atoms with E-state index in [1.54, 1.807) is 23.6 Å². The summed E-state index contributed by atoms with van der Waals surface area (Å²) in [6.07, 6.45) is 1.79. The van der Waals surface area contributed by atoms with Gasteiger partial charge in [-0.2, -0.15) is 0 Å². The van der Waals surface area contributed by atoms with Crippen LogP contribution in [-0.4, -0.2) is 36.9 Å². The van der Waals surface area contributed by atoms with Gasteiger partial charge in [0.25, 0.3) is 0 Å². The average molecular weight is 324 g/mol. The van der Waals surface area contributed by atoms with Crippen LogP contribution in [0.4, 0.5) is 0 Å². The van der Waals surface area contributed by atoms with Crippen molar-refractivity contribution < 1.29 is 5.11 Å². The Labute approximate surface area is 140 Å². The van der Waals surface area contributed by atoms with Gasteiger partial charge >= 0.3 is 0 Å². The highest BCUT2D eigenvalue weighted by molar-refractivity contribution is 7.10. The number of likely N-dealkylation sites (N-methyl/N-ethyl adjacent to an activating group) is 1. The molecule has 0 saturated carbocycles. The highest BCUT2D eigenvalue weighted by Gasteiger charge is 2.14. The van der Waals surface area contributed by atoms with Crippen LogP contribution >= 0.6 is 11.3 Å². The second-order valence-electron chi connectivity index (χ2n) is 5.71. The third-order valence-corrected chi connectivity index (χ3v) is 4.91. The fraction of sp³-hybridized carbons (Fsp3) is 0.211. The van der Waals surface area contributed by atoms with Crippen molar-refractivity contribution in [3.05, 3.63) is 64.4 Å². The molecular weight excluding hydrogens is 304 g/mol. The summed E-state index contributed by atoms with van der Waals surface area (Å²) < 4.78 is 0. The van der Waals surface area contributed by atoms with Crippen LogP contribution in [0.5, 0.6) is 5.75 Å². The SMILES string of the molecule is CN(C)[C@@H](CN=Cc1c(O)ccc2ccccc12)c1cccs1. The molecule has 0 bridgehead atoms. The van der Waals surface area contributed by atoms with Crippen LogP contribution in [0.1, 0.15) is 16.5 Å². The van der Waals surface area contributed by atoms with Gasteiger partial charge in [0.2, 0.25) is 0 Å². The predicted molar refractivity (Wildman–Crippen MR) is 98.8 cm³/mol. The minimum absolute atomic E-state index is 0.253. The molecule has 3 rings (SSSR count). The number of fused-ring (bicyclic) bond motifs is 1. The summed E-state index contributed by atoms with van der Waals surface area (Å²) in [7, 11) is 4.13. The molecule has 1 N–H and O–H groups in total. The van der Waals surface area contributed by atoms with Crippen molar-refractivity contribution in [1.29, 1.82) is 0 Å². The zero-order valence-corrected chi connectivity index (χ0v) is 14.1. The molecule has 118 valence electrons. The lowest BCUT2D eigenvalue weighted by atomic mass is 10.0. The van der Waals surface area contributed by atoms with E-state index in [2.05, 4.69) is 41.5 Å². The molecule has 4 heteroatoms. The summed E-state index contributed by atoms with van der Waals surface area (Å²) in [6, 6.07) is 16.1. The highest BCUT2D eigenvalue weighted by Crippen LogP contribution is 2.26. The van der Waals surface area contributed by atoms with E-state index < -0.39 is 0 Å². The molecular formula is C19H20N2OS. The van der Waals surface area contributed by atoms with Crippen molar-refractivity contribution in [3.8, 4) is 5.75 Å². The first kappa shape index (κ1) is 15.7. The van der Waals surface area contributed by atoms with Gasteiger partial charge in [0.05, 0.1) is 12.6 Å². The monoisotopic (exact) mass is 324 g/mol. The maximum Gasteiger partial charge on any atom is 0.124 e. The molecule has 1 atom stereocenters.